The molecule has 3 rings (SSSR count). The number of hydrogen-bond acceptors (Lipinski definition) is 3. The second-order valence-corrected chi connectivity index (χ2v) is 6.75. The molecule has 1 saturated heterocycles. The summed E-state index contributed by atoms with van der Waals surface area (Å²) < 4.78 is 13.1. The maximum Gasteiger partial charge on any atom is 0.407 e. The smallest absolute Gasteiger partial charge is 0.407 e. The van der Waals surface area contributed by atoms with Crippen molar-refractivity contribution in [3.63, 3.8) is 0 Å². The molecule has 2 aromatic rings. The molecule has 3 N–H and O–H groups in total. The van der Waals surface area contributed by atoms with Gasteiger partial charge in [-0.3, -0.25) is 4.79 Å². The van der Waals surface area contributed by atoms with Crippen LogP contribution in [0, 0.1) is 5.82 Å². The van der Waals surface area contributed by atoms with E-state index in [0.29, 0.717) is 31.6 Å². The minimum Gasteiger partial charge on any atom is -0.465 e. The van der Waals surface area contributed by atoms with Gasteiger partial charge in [0.25, 0.3) is 5.91 Å². The van der Waals surface area contributed by atoms with Crippen LogP contribution in [0.5, 0.6) is 0 Å². The Balaban J connectivity index is 1.62. The quantitative estimate of drug-likeness (QED) is 0.726. The SMILES string of the molecule is O=C(Nc1cccc(NC2CCN(C(=O)O)CC2)c1)c1ccc(F)cc1Cl. The Kier molecular flexibility index (Phi) is 5.81. The zero-order valence-corrected chi connectivity index (χ0v) is 15.2. The summed E-state index contributed by atoms with van der Waals surface area (Å²) in [5.41, 5.74) is 1.60. The van der Waals surface area contributed by atoms with Crippen molar-refractivity contribution in [2.24, 2.45) is 0 Å². The number of carboxylic acid groups (broad SMARTS) is 1. The van der Waals surface area contributed by atoms with Gasteiger partial charge in [-0.05, 0) is 49.2 Å². The first-order valence-corrected chi connectivity index (χ1v) is 8.91. The molecule has 1 heterocycles. The fourth-order valence-corrected chi connectivity index (χ4v) is 3.26. The summed E-state index contributed by atoms with van der Waals surface area (Å²) in [5, 5.41) is 15.2. The molecule has 0 unspecified atom stereocenters. The second-order valence-electron chi connectivity index (χ2n) is 6.35. The number of benzene rings is 2. The third kappa shape index (κ3) is 4.89. The number of anilines is 2. The van der Waals surface area contributed by atoms with Crippen molar-refractivity contribution in [2.45, 2.75) is 18.9 Å². The number of amides is 2. The highest BCUT2D eigenvalue weighted by Gasteiger charge is 2.22. The third-order valence-corrected chi connectivity index (χ3v) is 4.75. The van der Waals surface area contributed by atoms with E-state index in [4.69, 9.17) is 16.7 Å². The standard InChI is InChI=1S/C19H19ClFN3O3/c20-17-10-12(21)4-5-16(17)18(25)23-15-3-1-2-14(11-15)22-13-6-8-24(9-7-13)19(26)27/h1-5,10-11,13,22H,6-9H2,(H,23,25)(H,26,27). The van der Waals surface area contributed by atoms with E-state index in [1.54, 1.807) is 18.2 Å². The van der Waals surface area contributed by atoms with Crippen LogP contribution in [0.1, 0.15) is 23.2 Å². The van der Waals surface area contributed by atoms with Gasteiger partial charge in [-0.15, -0.1) is 0 Å². The Hall–Kier alpha value is -2.80. The van der Waals surface area contributed by atoms with Gasteiger partial charge in [-0.25, -0.2) is 9.18 Å². The molecule has 1 aliphatic heterocycles. The van der Waals surface area contributed by atoms with Crippen molar-refractivity contribution in [1.29, 1.82) is 0 Å². The molecule has 0 aromatic heterocycles. The van der Waals surface area contributed by atoms with Crippen LogP contribution in [-0.4, -0.2) is 41.1 Å². The van der Waals surface area contributed by atoms with Crippen LogP contribution >= 0.6 is 11.6 Å². The van der Waals surface area contributed by atoms with Crippen LogP contribution < -0.4 is 10.6 Å². The normalized spacial score (nSPS) is 14.7. The Bertz CT molecular complexity index is 854. The summed E-state index contributed by atoms with van der Waals surface area (Å²) in [6.45, 7) is 0.985. The predicted octanol–water partition coefficient (Wildman–Crippen LogP) is 4.29. The molecule has 27 heavy (non-hydrogen) atoms. The summed E-state index contributed by atoms with van der Waals surface area (Å²) in [5.74, 6) is -0.927. The lowest BCUT2D eigenvalue weighted by Crippen LogP contribution is -2.41. The van der Waals surface area contributed by atoms with E-state index in [1.807, 2.05) is 6.07 Å². The van der Waals surface area contributed by atoms with Crippen LogP contribution in [0.4, 0.5) is 20.6 Å². The molecule has 0 atom stereocenters. The molecule has 6 nitrogen and oxygen atoms in total. The van der Waals surface area contributed by atoms with Gasteiger partial charge in [0, 0.05) is 30.5 Å². The molecule has 0 spiro atoms. The van der Waals surface area contributed by atoms with E-state index < -0.39 is 17.8 Å². The zero-order valence-electron chi connectivity index (χ0n) is 14.4. The number of nitrogens with zero attached hydrogens (tertiary/aromatic N) is 1. The minimum atomic E-state index is -0.891. The van der Waals surface area contributed by atoms with Gasteiger partial charge < -0.3 is 20.6 Å². The number of nitrogens with one attached hydrogen (secondary N) is 2. The van der Waals surface area contributed by atoms with Crippen molar-refractivity contribution in [3.05, 3.63) is 58.9 Å². The van der Waals surface area contributed by atoms with E-state index in [2.05, 4.69) is 10.6 Å². The van der Waals surface area contributed by atoms with E-state index in [-0.39, 0.29) is 16.6 Å². The lowest BCUT2D eigenvalue weighted by atomic mass is 10.0. The summed E-state index contributed by atoms with van der Waals surface area (Å²) >= 11 is 5.93. The average Bonchev–Trinajstić information content (AvgIpc) is 2.62. The second kappa shape index (κ2) is 8.26. The molecule has 0 aliphatic carbocycles. The maximum absolute atomic E-state index is 13.1. The number of likely N-dealkylation sites (tertiary alicyclic amines) is 1. The van der Waals surface area contributed by atoms with Gasteiger partial charge in [0.2, 0.25) is 0 Å². The third-order valence-electron chi connectivity index (χ3n) is 4.43. The number of rotatable bonds is 4. The highest BCUT2D eigenvalue weighted by Crippen LogP contribution is 2.22. The lowest BCUT2D eigenvalue weighted by Gasteiger charge is -2.31. The molecule has 2 aromatic carbocycles. The fourth-order valence-electron chi connectivity index (χ4n) is 3.01. The molecular formula is C19H19ClFN3O3. The lowest BCUT2D eigenvalue weighted by molar-refractivity contribution is 0.102. The van der Waals surface area contributed by atoms with Gasteiger partial charge in [0.1, 0.15) is 5.82 Å². The van der Waals surface area contributed by atoms with Crippen molar-refractivity contribution in [2.75, 3.05) is 23.7 Å². The monoisotopic (exact) mass is 391 g/mol. The first-order chi connectivity index (χ1) is 12.9. The van der Waals surface area contributed by atoms with Crippen LogP contribution in [0.2, 0.25) is 5.02 Å². The fraction of sp³-hybridized carbons (Fsp3) is 0.263. The number of hydrogen-bond donors (Lipinski definition) is 3. The van der Waals surface area contributed by atoms with Gasteiger partial charge in [-0.1, -0.05) is 17.7 Å². The zero-order chi connectivity index (χ0) is 19.4. The van der Waals surface area contributed by atoms with E-state index in [0.717, 1.165) is 11.8 Å². The number of piperidine rings is 1. The minimum absolute atomic E-state index is 0.0481. The molecular weight excluding hydrogens is 373 g/mol. The predicted molar refractivity (Wildman–Crippen MR) is 102 cm³/mol. The molecule has 1 fully saturated rings. The Morgan fingerprint density at radius 2 is 1.81 bits per heavy atom. The first-order valence-electron chi connectivity index (χ1n) is 8.53. The topological polar surface area (TPSA) is 81.7 Å². The Morgan fingerprint density at radius 1 is 1.11 bits per heavy atom. The molecule has 142 valence electrons. The summed E-state index contributed by atoms with van der Waals surface area (Å²) in [6, 6.07) is 11.0. The summed E-state index contributed by atoms with van der Waals surface area (Å²) in [7, 11) is 0. The molecule has 2 amide bonds. The highest BCUT2D eigenvalue weighted by atomic mass is 35.5. The number of halogens is 2. The van der Waals surface area contributed by atoms with Crippen LogP contribution in [0.25, 0.3) is 0 Å². The highest BCUT2D eigenvalue weighted by molar-refractivity contribution is 6.34. The van der Waals surface area contributed by atoms with Crippen LogP contribution in [0.15, 0.2) is 42.5 Å². The Morgan fingerprint density at radius 3 is 2.48 bits per heavy atom. The first kappa shape index (κ1) is 19.0. The van der Waals surface area contributed by atoms with Crippen molar-refractivity contribution in [1.82, 2.24) is 4.90 Å². The van der Waals surface area contributed by atoms with Crippen LogP contribution in [0.3, 0.4) is 0 Å². The molecule has 1 aliphatic rings. The summed E-state index contributed by atoms with van der Waals surface area (Å²) in [4.78, 5) is 24.7. The van der Waals surface area contributed by atoms with Gasteiger partial charge in [-0.2, -0.15) is 0 Å². The molecule has 8 heteroatoms. The van der Waals surface area contributed by atoms with Gasteiger partial charge >= 0.3 is 6.09 Å². The summed E-state index contributed by atoms with van der Waals surface area (Å²) in [6.07, 6.45) is 0.542. The Labute approximate surface area is 160 Å². The van der Waals surface area contributed by atoms with Crippen molar-refractivity contribution >= 4 is 35.0 Å². The van der Waals surface area contributed by atoms with E-state index in [1.165, 1.54) is 17.0 Å². The molecule has 0 radical (unpaired) electrons. The van der Waals surface area contributed by atoms with Crippen molar-refractivity contribution < 1.29 is 19.1 Å². The average molecular weight is 392 g/mol. The molecule has 0 bridgehead atoms. The molecule has 0 saturated carbocycles. The van der Waals surface area contributed by atoms with Gasteiger partial charge in [0.05, 0.1) is 10.6 Å². The van der Waals surface area contributed by atoms with Crippen LogP contribution in [-0.2, 0) is 0 Å². The number of carbonyl (C=O) groups excluding carboxylic acids is 1. The van der Waals surface area contributed by atoms with Gasteiger partial charge in [0.15, 0.2) is 0 Å². The largest absolute Gasteiger partial charge is 0.465 e. The van der Waals surface area contributed by atoms with E-state index >= 15 is 0 Å². The van der Waals surface area contributed by atoms with Crippen molar-refractivity contribution in [3.8, 4) is 0 Å². The van der Waals surface area contributed by atoms with E-state index in [9.17, 15) is 14.0 Å². The number of carbonyl (C=O) groups is 2. The maximum atomic E-state index is 13.1.